The molecule has 0 aliphatic carbocycles. The molecule has 0 bridgehead atoms. The summed E-state index contributed by atoms with van der Waals surface area (Å²) in [4.78, 5) is 25.6. The predicted molar refractivity (Wildman–Crippen MR) is 155 cm³/mol. The number of hydrogen-bond donors (Lipinski definition) is 1. The first-order chi connectivity index (χ1) is 18.9. The van der Waals surface area contributed by atoms with E-state index < -0.39 is 18.0 Å². The van der Waals surface area contributed by atoms with Gasteiger partial charge in [-0.2, -0.15) is 5.10 Å². The number of nitrogens with one attached hydrogen (secondary N) is 1. The lowest BCUT2D eigenvalue weighted by molar-refractivity contribution is -0.127. The Morgan fingerprint density at radius 3 is 2.51 bits per heavy atom. The van der Waals surface area contributed by atoms with Crippen LogP contribution in [0.4, 0.5) is 0 Å². The van der Waals surface area contributed by atoms with Gasteiger partial charge in [0.15, 0.2) is 17.6 Å². The van der Waals surface area contributed by atoms with Crippen molar-refractivity contribution in [3.8, 4) is 17.2 Å². The summed E-state index contributed by atoms with van der Waals surface area (Å²) in [5.74, 6) is 0.163. The van der Waals surface area contributed by atoms with Crippen molar-refractivity contribution in [2.45, 2.75) is 13.0 Å². The fourth-order valence-corrected chi connectivity index (χ4v) is 5.28. The van der Waals surface area contributed by atoms with Crippen LogP contribution in [0.15, 0.2) is 90.0 Å². The minimum atomic E-state index is -0.764. The van der Waals surface area contributed by atoms with E-state index in [9.17, 15) is 9.59 Å². The Kier molecular flexibility index (Phi) is 7.76. The number of methoxy groups -OCH3 is 1. The van der Waals surface area contributed by atoms with Gasteiger partial charge < -0.3 is 14.2 Å². The maximum Gasteiger partial charge on any atom is 0.355 e. The summed E-state index contributed by atoms with van der Waals surface area (Å²) in [6.07, 6.45) is 0.692. The van der Waals surface area contributed by atoms with Crippen molar-refractivity contribution in [2.24, 2.45) is 5.10 Å². The highest BCUT2D eigenvalue weighted by atomic mass is 35.5. The SMILES string of the molecule is COc1cc(C=NNC(=O)C(C)Oc2ccc3ccccc3c2)ccc1OC(=O)c1sc2ccccc2c1Cl. The molecule has 0 saturated heterocycles. The Morgan fingerprint density at radius 2 is 1.72 bits per heavy atom. The minimum Gasteiger partial charge on any atom is -0.493 e. The number of nitrogens with zero attached hydrogens (tertiary/aromatic N) is 1. The molecule has 0 saturated carbocycles. The molecular formula is C30H23ClN2O5S. The largest absolute Gasteiger partial charge is 0.493 e. The highest BCUT2D eigenvalue weighted by Crippen LogP contribution is 2.37. The maximum atomic E-state index is 12.8. The van der Waals surface area contributed by atoms with Crippen LogP contribution in [0.25, 0.3) is 20.9 Å². The van der Waals surface area contributed by atoms with Crippen molar-refractivity contribution in [3.05, 3.63) is 100 Å². The molecule has 1 aromatic heterocycles. The molecule has 0 radical (unpaired) electrons. The quantitative estimate of drug-likeness (QED) is 0.0973. The Morgan fingerprint density at radius 1 is 0.949 bits per heavy atom. The van der Waals surface area contributed by atoms with E-state index in [-0.39, 0.29) is 5.75 Å². The summed E-state index contributed by atoms with van der Waals surface area (Å²) in [6, 6.07) is 26.0. The van der Waals surface area contributed by atoms with Crippen molar-refractivity contribution < 1.29 is 23.8 Å². The van der Waals surface area contributed by atoms with Gasteiger partial charge in [-0.25, -0.2) is 10.2 Å². The summed E-state index contributed by atoms with van der Waals surface area (Å²) < 4.78 is 17.6. The van der Waals surface area contributed by atoms with Crippen LogP contribution in [0, 0.1) is 0 Å². The van der Waals surface area contributed by atoms with Gasteiger partial charge in [0.05, 0.1) is 18.3 Å². The topological polar surface area (TPSA) is 86.2 Å². The van der Waals surface area contributed by atoms with Gasteiger partial charge in [0.1, 0.15) is 10.6 Å². The van der Waals surface area contributed by atoms with Gasteiger partial charge in [-0.15, -0.1) is 11.3 Å². The molecule has 5 rings (SSSR count). The van der Waals surface area contributed by atoms with Crippen LogP contribution in [0.5, 0.6) is 17.2 Å². The van der Waals surface area contributed by atoms with Crippen LogP contribution in [-0.4, -0.2) is 31.3 Å². The lowest BCUT2D eigenvalue weighted by Crippen LogP contribution is -2.33. The van der Waals surface area contributed by atoms with Gasteiger partial charge in [-0.1, -0.05) is 60.1 Å². The number of carbonyl (C=O) groups is 2. The molecule has 4 aromatic carbocycles. The van der Waals surface area contributed by atoms with E-state index in [1.807, 2.05) is 66.7 Å². The fraction of sp³-hybridized carbons (Fsp3) is 0.100. The lowest BCUT2D eigenvalue weighted by atomic mass is 10.1. The molecule has 1 unspecified atom stereocenters. The van der Waals surface area contributed by atoms with Gasteiger partial charge in [-0.3, -0.25) is 4.79 Å². The molecule has 1 heterocycles. The zero-order chi connectivity index (χ0) is 27.4. The highest BCUT2D eigenvalue weighted by Gasteiger charge is 2.20. The lowest BCUT2D eigenvalue weighted by Gasteiger charge is -2.13. The van der Waals surface area contributed by atoms with Crippen molar-refractivity contribution in [1.82, 2.24) is 5.43 Å². The third-order valence-corrected chi connectivity index (χ3v) is 7.56. The van der Waals surface area contributed by atoms with Gasteiger partial charge in [0.25, 0.3) is 5.91 Å². The monoisotopic (exact) mass is 558 g/mol. The fourth-order valence-electron chi connectivity index (χ4n) is 3.90. The molecule has 7 nitrogen and oxygen atoms in total. The molecule has 1 N–H and O–H groups in total. The molecule has 0 aliphatic rings. The zero-order valence-electron chi connectivity index (χ0n) is 21.0. The van der Waals surface area contributed by atoms with E-state index >= 15 is 0 Å². The van der Waals surface area contributed by atoms with Crippen molar-refractivity contribution in [1.29, 1.82) is 0 Å². The first-order valence-electron chi connectivity index (χ1n) is 12.0. The normalized spacial score (nSPS) is 12.0. The number of halogens is 1. The molecule has 0 fully saturated rings. The second-order valence-corrected chi connectivity index (χ2v) is 9.97. The van der Waals surface area contributed by atoms with Gasteiger partial charge in [-0.05, 0) is 59.7 Å². The van der Waals surface area contributed by atoms with E-state index in [0.29, 0.717) is 27.0 Å². The number of hydrogen-bond acceptors (Lipinski definition) is 7. The van der Waals surface area contributed by atoms with E-state index in [4.69, 9.17) is 25.8 Å². The molecule has 0 aliphatic heterocycles. The van der Waals surface area contributed by atoms with Crippen LogP contribution in [-0.2, 0) is 4.79 Å². The highest BCUT2D eigenvalue weighted by molar-refractivity contribution is 7.21. The van der Waals surface area contributed by atoms with Crippen LogP contribution in [0.3, 0.4) is 0 Å². The average molecular weight is 559 g/mol. The van der Waals surface area contributed by atoms with Crippen LogP contribution in [0.1, 0.15) is 22.2 Å². The number of benzene rings is 4. The summed E-state index contributed by atoms with van der Waals surface area (Å²) in [5, 5.41) is 7.29. The van der Waals surface area contributed by atoms with Crippen molar-refractivity contribution in [3.63, 3.8) is 0 Å². The molecule has 196 valence electrons. The minimum absolute atomic E-state index is 0.231. The number of amides is 1. The number of esters is 1. The van der Waals surface area contributed by atoms with Crippen molar-refractivity contribution >= 4 is 61.9 Å². The first-order valence-corrected chi connectivity index (χ1v) is 13.2. The molecule has 5 aromatic rings. The molecule has 1 atom stereocenters. The summed E-state index contributed by atoms with van der Waals surface area (Å²) in [5.41, 5.74) is 3.10. The molecular weight excluding hydrogens is 536 g/mol. The Hall–Kier alpha value is -4.40. The van der Waals surface area contributed by atoms with E-state index in [1.165, 1.54) is 24.7 Å². The summed E-state index contributed by atoms with van der Waals surface area (Å²) >= 11 is 7.67. The number of fused-ring (bicyclic) bond motifs is 2. The summed E-state index contributed by atoms with van der Waals surface area (Å²) in [7, 11) is 1.47. The predicted octanol–water partition coefficient (Wildman–Crippen LogP) is 6.85. The molecule has 9 heteroatoms. The zero-order valence-corrected chi connectivity index (χ0v) is 22.6. The number of thiophene rings is 1. The Balaban J connectivity index is 1.21. The van der Waals surface area contributed by atoms with Crippen LogP contribution >= 0.6 is 22.9 Å². The first kappa shape index (κ1) is 26.2. The average Bonchev–Trinajstić information content (AvgIpc) is 3.30. The molecule has 39 heavy (non-hydrogen) atoms. The van der Waals surface area contributed by atoms with E-state index in [2.05, 4.69) is 10.5 Å². The third-order valence-electron chi connectivity index (χ3n) is 5.90. The van der Waals surface area contributed by atoms with Crippen LogP contribution in [0.2, 0.25) is 5.02 Å². The third kappa shape index (κ3) is 5.87. The smallest absolute Gasteiger partial charge is 0.355 e. The standard InChI is InChI=1S/C30H23ClN2O5S/c1-18(37-22-13-12-20-7-3-4-8-21(20)16-22)29(34)33-32-17-19-11-14-24(25(15-19)36-2)38-30(35)28-27(31)23-9-5-6-10-26(23)39-28/h3-18H,1-2H3,(H,33,34). The molecule has 0 spiro atoms. The number of hydrazone groups is 1. The van der Waals surface area contributed by atoms with Gasteiger partial charge in [0.2, 0.25) is 0 Å². The van der Waals surface area contributed by atoms with Crippen LogP contribution < -0.4 is 19.6 Å². The van der Waals surface area contributed by atoms with Gasteiger partial charge in [0, 0.05) is 10.1 Å². The van der Waals surface area contributed by atoms with E-state index in [1.54, 1.807) is 25.1 Å². The Labute approximate surface area is 233 Å². The maximum absolute atomic E-state index is 12.8. The number of ether oxygens (including phenoxy) is 3. The van der Waals surface area contributed by atoms with E-state index in [0.717, 1.165) is 20.9 Å². The van der Waals surface area contributed by atoms with Crippen molar-refractivity contribution in [2.75, 3.05) is 7.11 Å². The number of rotatable bonds is 8. The second kappa shape index (κ2) is 11.6. The summed E-state index contributed by atoms with van der Waals surface area (Å²) in [6.45, 7) is 1.65. The molecule has 1 amide bonds. The number of carbonyl (C=O) groups excluding carboxylic acids is 2. The van der Waals surface area contributed by atoms with Gasteiger partial charge >= 0.3 is 5.97 Å². The second-order valence-electron chi connectivity index (χ2n) is 8.54. The Bertz CT molecular complexity index is 1710.